The molecule has 0 aromatic heterocycles. The minimum atomic E-state index is -0.727. The number of hydrogen-bond acceptors (Lipinski definition) is 4. The Morgan fingerprint density at radius 2 is 1.50 bits per heavy atom. The molecule has 2 amide bonds. The molecule has 7 heteroatoms. The second-order valence-corrected chi connectivity index (χ2v) is 6.84. The molecule has 0 aliphatic rings. The molecule has 3 aromatic rings. The van der Waals surface area contributed by atoms with Crippen molar-refractivity contribution in [3.63, 3.8) is 0 Å². The molecule has 0 saturated heterocycles. The maximum absolute atomic E-state index is 12.4. The summed E-state index contributed by atoms with van der Waals surface area (Å²) < 4.78 is 10.8. The summed E-state index contributed by atoms with van der Waals surface area (Å²) in [6.07, 6.45) is -0.727. The van der Waals surface area contributed by atoms with Crippen molar-refractivity contribution < 1.29 is 19.1 Å². The van der Waals surface area contributed by atoms with Gasteiger partial charge in [0.2, 0.25) is 0 Å². The number of hydrogen-bond donors (Lipinski definition) is 2. The first-order valence-electron chi connectivity index (χ1n) is 9.24. The molecule has 6 nitrogen and oxygen atoms in total. The van der Waals surface area contributed by atoms with Gasteiger partial charge in [-0.15, -0.1) is 0 Å². The van der Waals surface area contributed by atoms with Crippen LogP contribution in [0.5, 0.6) is 11.5 Å². The minimum absolute atomic E-state index is 0.291. The molecule has 3 rings (SSSR count). The Hall–Kier alpha value is -3.51. The molecule has 0 radical (unpaired) electrons. The SMILES string of the molecule is COc1ccc(NC(=O)C(C)Oc2ccc(C(=O)Nc3ccccc3Cl)cc2)cc1. The second-order valence-electron chi connectivity index (χ2n) is 6.44. The van der Waals surface area contributed by atoms with Gasteiger partial charge in [0.1, 0.15) is 11.5 Å². The number of para-hydroxylation sites is 1. The van der Waals surface area contributed by atoms with E-state index in [0.717, 1.165) is 0 Å². The molecule has 0 spiro atoms. The molecule has 0 saturated carbocycles. The fraction of sp³-hybridized carbons (Fsp3) is 0.130. The Labute approximate surface area is 179 Å². The molecule has 0 bridgehead atoms. The standard InChI is InChI=1S/C23H21ClN2O4/c1-15(22(27)25-17-9-13-18(29-2)14-10-17)30-19-11-7-16(8-12-19)23(28)26-21-6-4-3-5-20(21)24/h3-15H,1-2H3,(H,25,27)(H,26,28). The first kappa shape index (κ1) is 21.2. The van der Waals surface area contributed by atoms with Crippen LogP contribution in [0.1, 0.15) is 17.3 Å². The van der Waals surface area contributed by atoms with Crippen molar-refractivity contribution in [3.05, 3.63) is 83.4 Å². The molecule has 3 aromatic carbocycles. The first-order valence-corrected chi connectivity index (χ1v) is 9.61. The number of anilines is 2. The van der Waals surface area contributed by atoms with Gasteiger partial charge < -0.3 is 20.1 Å². The highest BCUT2D eigenvalue weighted by Gasteiger charge is 2.15. The Balaban J connectivity index is 1.56. The third kappa shape index (κ3) is 5.52. The van der Waals surface area contributed by atoms with Crippen LogP contribution in [-0.2, 0) is 4.79 Å². The lowest BCUT2D eigenvalue weighted by Gasteiger charge is -2.15. The van der Waals surface area contributed by atoms with Gasteiger partial charge in [0, 0.05) is 11.3 Å². The molecular weight excluding hydrogens is 404 g/mol. The third-order valence-electron chi connectivity index (χ3n) is 4.28. The van der Waals surface area contributed by atoms with E-state index in [9.17, 15) is 9.59 Å². The van der Waals surface area contributed by atoms with Gasteiger partial charge in [0.15, 0.2) is 6.10 Å². The predicted molar refractivity (Wildman–Crippen MR) is 118 cm³/mol. The number of rotatable bonds is 7. The summed E-state index contributed by atoms with van der Waals surface area (Å²) in [5, 5.41) is 6.00. The summed E-state index contributed by atoms with van der Waals surface area (Å²) in [5.41, 5.74) is 1.62. The lowest BCUT2D eigenvalue weighted by Crippen LogP contribution is -2.30. The van der Waals surface area contributed by atoms with Crippen molar-refractivity contribution >= 4 is 34.8 Å². The molecular formula is C23H21ClN2O4. The Bertz CT molecular complexity index is 1020. The number of nitrogens with one attached hydrogen (secondary N) is 2. The van der Waals surface area contributed by atoms with Gasteiger partial charge in [-0.25, -0.2) is 0 Å². The normalized spacial score (nSPS) is 11.3. The zero-order chi connectivity index (χ0) is 21.5. The molecule has 0 aliphatic heterocycles. The van der Waals surface area contributed by atoms with Gasteiger partial charge in [0.05, 0.1) is 17.8 Å². The predicted octanol–water partition coefficient (Wildman–Crippen LogP) is 5.01. The Kier molecular flexibility index (Phi) is 6.93. The summed E-state index contributed by atoms with van der Waals surface area (Å²) in [7, 11) is 1.58. The third-order valence-corrected chi connectivity index (χ3v) is 4.61. The van der Waals surface area contributed by atoms with E-state index < -0.39 is 6.10 Å². The smallest absolute Gasteiger partial charge is 0.265 e. The summed E-state index contributed by atoms with van der Waals surface area (Å²) in [5.74, 6) is 0.596. The zero-order valence-corrected chi connectivity index (χ0v) is 17.3. The zero-order valence-electron chi connectivity index (χ0n) is 16.5. The van der Waals surface area contributed by atoms with Crippen LogP contribution in [0.4, 0.5) is 11.4 Å². The topological polar surface area (TPSA) is 76.7 Å². The van der Waals surface area contributed by atoms with E-state index in [2.05, 4.69) is 10.6 Å². The van der Waals surface area contributed by atoms with Gasteiger partial charge in [-0.3, -0.25) is 9.59 Å². The van der Waals surface area contributed by atoms with Crippen molar-refractivity contribution in [2.75, 3.05) is 17.7 Å². The number of amides is 2. The summed E-state index contributed by atoms with van der Waals surface area (Å²) in [6, 6.07) is 20.5. The van der Waals surface area contributed by atoms with Crippen molar-refractivity contribution in [2.45, 2.75) is 13.0 Å². The fourth-order valence-electron chi connectivity index (χ4n) is 2.62. The Morgan fingerprint density at radius 3 is 2.13 bits per heavy atom. The van der Waals surface area contributed by atoms with Gasteiger partial charge >= 0.3 is 0 Å². The van der Waals surface area contributed by atoms with Crippen molar-refractivity contribution in [1.29, 1.82) is 0 Å². The van der Waals surface area contributed by atoms with Crippen LogP contribution >= 0.6 is 11.6 Å². The molecule has 2 N–H and O–H groups in total. The van der Waals surface area contributed by atoms with Crippen LogP contribution in [0, 0.1) is 0 Å². The van der Waals surface area contributed by atoms with E-state index in [1.807, 2.05) is 0 Å². The highest BCUT2D eigenvalue weighted by Crippen LogP contribution is 2.22. The largest absolute Gasteiger partial charge is 0.497 e. The summed E-state index contributed by atoms with van der Waals surface area (Å²) in [4.78, 5) is 24.7. The molecule has 30 heavy (non-hydrogen) atoms. The first-order chi connectivity index (χ1) is 14.5. The van der Waals surface area contributed by atoms with Gasteiger partial charge in [-0.1, -0.05) is 23.7 Å². The molecule has 154 valence electrons. The quantitative estimate of drug-likeness (QED) is 0.559. The summed E-state index contributed by atoms with van der Waals surface area (Å²) >= 11 is 6.06. The van der Waals surface area contributed by atoms with Crippen LogP contribution in [0.3, 0.4) is 0 Å². The highest BCUT2D eigenvalue weighted by atomic mass is 35.5. The lowest BCUT2D eigenvalue weighted by atomic mass is 10.2. The van der Waals surface area contributed by atoms with Crippen LogP contribution in [-0.4, -0.2) is 25.0 Å². The van der Waals surface area contributed by atoms with Crippen molar-refractivity contribution in [1.82, 2.24) is 0 Å². The number of benzene rings is 3. The minimum Gasteiger partial charge on any atom is -0.497 e. The number of carbonyl (C=O) groups excluding carboxylic acids is 2. The van der Waals surface area contributed by atoms with Gasteiger partial charge in [-0.05, 0) is 67.6 Å². The summed E-state index contributed by atoms with van der Waals surface area (Å²) in [6.45, 7) is 1.65. The number of carbonyl (C=O) groups is 2. The maximum atomic E-state index is 12.4. The number of halogens is 1. The van der Waals surface area contributed by atoms with E-state index >= 15 is 0 Å². The second kappa shape index (κ2) is 9.80. The highest BCUT2D eigenvalue weighted by molar-refractivity contribution is 6.33. The molecule has 0 heterocycles. The maximum Gasteiger partial charge on any atom is 0.265 e. The molecule has 1 unspecified atom stereocenters. The van der Waals surface area contributed by atoms with Gasteiger partial charge in [-0.2, -0.15) is 0 Å². The van der Waals surface area contributed by atoms with Crippen LogP contribution in [0.15, 0.2) is 72.8 Å². The number of ether oxygens (including phenoxy) is 2. The van der Waals surface area contributed by atoms with E-state index in [1.165, 1.54) is 0 Å². The van der Waals surface area contributed by atoms with Crippen LogP contribution in [0.2, 0.25) is 5.02 Å². The Morgan fingerprint density at radius 1 is 0.867 bits per heavy atom. The van der Waals surface area contributed by atoms with Crippen LogP contribution in [0.25, 0.3) is 0 Å². The fourth-order valence-corrected chi connectivity index (χ4v) is 2.80. The lowest BCUT2D eigenvalue weighted by molar-refractivity contribution is -0.122. The number of methoxy groups -OCH3 is 1. The van der Waals surface area contributed by atoms with E-state index in [-0.39, 0.29) is 11.8 Å². The van der Waals surface area contributed by atoms with Crippen molar-refractivity contribution in [3.8, 4) is 11.5 Å². The molecule has 0 fully saturated rings. The van der Waals surface area contributed by atoms with Crippen LogP contribution < -0.4 is 20.1 Å². The average Bonchev–Trinajstić information content (AvgIpc) is 2.76. The molecule has 1 atom stereocenters. The van der Waals surface area contributed by atoms with Crippen molar-refractivity contribution in [2.24, 2.45) is 0 Å². The monoisotopic (exact) mass is 424 g/mol. The van der Waals surface area contributed by atoms with E-state index in [0.29, 0.717) is 33.5 Å². The van der Waals surface area contributed by atoms with E-state index in [4.69, 9.17) is 21.1 Å². The van der Waals surface area contributed by atoms with E-state index in [1.54, 1.807) is 86.8 Å². The average molecular weight is 425 g/mol. The molecule has 0 aliphatic carbocycles. The van der Waals surface area contributed by atoms with Gasteiger partial charge in [0.25, 0.3) is 11.8 Å².